The molecule has 0 unspecified atom stereocenters. The topological polar surface area (TPSA) is 93.0 Å². The van der Waals surface area contributed by atoms with Crippen LogP contribution in [0.5, 0.6) is 11.5 Å². The first-order valence-corrected chi connectivity index (χ1v) is 4.45. The number of ether oxygens (including phenoxy) is 2. The van der Waals surface area contributed by atoms with Gasteiger partial charge in [0.1, 0.15) is 0 Å². The normalized spacial score (nSPS) is 14.1. The summed E-state index contributed by atoms with van der Waals surface area (Å²) in [6.07, 6.45) is 3.05. The summed E-state index contributed by atoms with van der Waals surface area (Å²) in [5, 5.41) is 8.23. The van der Waals surface area contributed by atoms with Gasteiger partial charge in [0.05, 0.1) is 0 Å². The number of hydrogen-bond acceptors (Lipinski definition) is 4. The van der Waals surface area contributed by atoms with Crippen molar-refractivity contribution in [3.8, 4) is 17.7 Å². The molecule has 16 heavy (non-hydrogen) atoms. The highest BCUT2D eigenvalue weighted by molar-refractivity contribution is 5.93. The van der Waals surface area contributed by atoms with E-state index >= 15 is 0 Å². The minimum atomic E-state index is -0.0832. The highest BCUT2D eigenvalue weighted by Gasteiger charge is 2.12. The van der Waals surface area contributed by atoms with Gasteiger partial charge in [-0.1, -0.05) is 0 Å². The summed E-state index contributed by atoms with van der Waals surface area (Å²) < 4.78 is 10.4. The van der Waals surface area contributed by atoms with E-state index in [4.69, 9.17) is 20.5 Å². The number of benzene rings is 1. The molecule has 0 saturated carbocycles. The van der Waals surface area contributed by atoms with E-state index in [9.17, 15) is 0 Å². The maximum Gasteiger partial charge on any atom is 0.231 e. The SMILES string of the molecule is N#CN=C(N)N=Cc1ccc2c(c1)OCO2. The Hall–Kier alpha value is -2.55. The monoisotopic (exact) mass is 216 g/mol. The van der Waals surface area contributed by atoms with Gasteiger partial charge in [-0.05, 0) is 23.8 Å². The Morgan fingerprint density at radius 1 is 1.44 bits per heavy atom. The van der Waals surface area contributed by atoms with E-state index in [0.29, 0.717) is 11.5 Å². The van der Waals surface area contributed by atoms with Crippen LogP contribution in [0.2, 0.25) is 0 Å². The summed E-state index contributed by atoms with van der Waals surface area (Å²) in [7, 11) is 0. The molecule has 0 atom stereocenters. The van der Waals surface area contributed by atoms with Gasteiger partial charge in [-0.2, -0.15) is 5.26 Å². The van der Waals surface area contributed by atoms with Crippen LogP contribution in [0.1, 0.15) is 5.56 Å². The molecule has 1 aliphatic rings. The molecule has 0 amide bonds. The van der Waals surface area contributed by atoms with Crippen LogP contribution >= 0.6 is 0 Å². The third-order valence-corrected chi connectivity index (χ3v) is 1.91. The van der Waals surface area contributed by atoms with E-state index < -0.39 is 0 Å². The van der Waals surface area contributed by atoms with Gasteiger partial charge in [0.15, 0.2) is 11.5 Å². The summed E-state index contributed by atoms with van der Waals surface area (Å²) in [5.41, 5.74) is 6.11. The molecule has 2 rings (SSSR count). The number of nitriles is 1. The number of rotatable bonds is 1. The minimum Gasteiger partial charge on any atom is -0.454 e. The summed E-state index contributed by atoms with van der Waals surface area (Å²) in [6, 6.07) is 5.35. The highest BCUT2D eigenvalue weighted by Crippen LogP contribution is 2.31. The first-order chi connectivity index (χ1) is 7.79. The zero-order valence-corrected chi connectivity index (χ0v) is 8.25. The summed E-state index contributed by atoms with van der Waals surface area (Å²) in [5.74, 6) is 1.29. The lowest BCUT2D eigenvalue weighted by Gasteiger charge is -1.96. The predicted octanol–water partition coefficient (Wildman–Crippen LogP) is 0.630. The lowest BCUT2D eigenvalue weighted by Crippen LogP contribution is -2.07. The highest BCUT2D eigenvalue weighted by atomic mass is 16.7. The van der Waals surface area contributed by atoms with Gasteiger partial charge in [-0.3, -0.25) is 0 Å². The number of fused-ring (bicyclic) bond motifs is 1. The Morgan fingerprint density at radius 2 is 2.25 bits per heavy atom. The molecular formula is C10H8N4O2. The molecule has 1 aliphatic heterocycles. The zero-order chi connectivity index (χ0) is 11.4. The number of nitrogens with two attached hydrogens (primary N) is 1. The second kappa shape index (κ2) is 4.31. The van der Waals surface area contributed by atoms with Crippen molar-refractivity contribution in [1.29, 1.82) is 5.26 Å². The van der Waals surface area contributed by atoms with Gasteiger partial charge in [-0.15, -0.1) is 4.99 Å². The van der Waals surface area contributed by atoms with Crippen molar-refractivity contribution in [2.75, 3.05) is 6.79 Å². The number of guanidine groups is 1. The van der Waals surface area contributed by atoms with E-state index in [1.165, 1.54) is 6.21 Å². The average molecular weight is 216 g/mol. The molecule has 0 aromatic heterocycles. The molecule has 0 radical (unpaired) electrons. The maximum atomic E-state index is 8.23. The van der Waals surface area contributed by atoms with Gasteiger partial charge >= 0.3 is 0 Å². The van der Waals surface area contributed by atoms with Crippen molar-refractivity contribution >= 4 is 12.2 Å². The van der Waals surface area contributed by atoms with Gasteiger partial charge in [0, 0.05) is 6.21 Å². The fourth-order valence-electron chi connectivity index (χ4n) is 1.21. The van der Waals surface area contributed by atoms with Crippen LogP contribution in [0.15, 0.2) is 28.2 Å². The average Bonchev–Trinajstić information content (AvgIpc) is 2.74. The molecule has 1 aromatic rings. The first kappa shape index (κ1) is 9.98. The maximum absolute atomic E-state index is 8.23. The third kappa shape index (κ3) is 2.09. The van der Waals surface area contributed by atoms with E-state index in [1.54, 1.807) is 24.4 Å². The molecule has 6 nitrogen and oxygen atoms in total. The zero-order valence-electron chi connectivity index (χ0n) is 8.25. The van der Waals surface area contributed by atoms with E-state index in [2.05, 4.69) is 9.98 Å². The fourth-order valence-corrected chi connectivity index (χ4v) is 1.21. The van der Waals surface area contributed by atoms with E-state index in [0.717, 1.165) is 5.56 Å². The van der Waals surface area contributed by atoms with E-state index in [1.807, 2.05) is 0 Å². The van der Waals surface area contributed by atoms with Gasteiger partial charge in [0.2, 0.25) is 18.9 Å². The number of nitrogens with zero attached hydrogens (tertiary/aromatic N) is 3. The lowest BCUT2D eigenvalue weighted by atomic mass is 10.2. The quantitative estimate of drug-likeness (QED) is 0.423. The molecule has 80 valence electrons. The summed E-state index contributed by atoms with van der Waals surface area (Å²) >= 11 is 0. The smallest absolute Gasteiger partial charge is 0.231 e. The van der Waals surface area contributed by atoms with Crippen LogP contribution in [-0.4, -0.2) is 19.0 Å². The molecule has 1 heterocycles. The Labute approximate surface area is 91.6 Å². The van der Waals surface area contributed by atoms with Crippen molar-refractivity contribution in [1.82, 2.24) is 0 Å². The van der Waals surface area contributed by atoms with Gasteiger partial charge in [0.25, 0.3) is 0 Å². The Morgan fingerprint density at radius 3 is 3.06 bits per heavy atom. The second-order valence-corrected chi connectivity index (χ2v) is 2.94. The van der Waals surface area contributed by atoms with Crippen molar-refractivity contribution in [2.45, 2.75) is 0 Å². The predicted molar refractivity (Wildman–Crippen MR) is 57.4 cm³/mol. The lowest BCUT2D eigenvalue weighted by molar-refractivity contribution is 0.174. The molecular weight excluding hydrogens is 208 g/mol. The van der Waals surface area contributed by atoms with Gasteiger partial charge in [-0.25, -0.2) is 4.99 Å². The van der Waals surface area contributed by atoms with E-state index in [-0.39, 0.29) is 12.8 Å². The van der Waals surface area contributed by atoms with Crippen molar-refractivity contribution in [2.24, 2.45) is 15.7 Å². The van der Waals surface area contributed by atoms with Crippen molar-refractivity contribution in [3.63, 3.8) is 0 Å². The van der Waals surface area contributed by atoms with Crippen LogP contribution in [-0.2, 0) is 0 Å². The van der Waals surface area contributed by atoms with Crippen LogP contribution < -0.4 is 15.2 Å². The third-order valence-electron chi connectivity index (χ3n) is 1.91. The molecule has 6 heteroatoms. The Balaban J connectivity index is 2.17. The van der Waals surface area contributed by atoms with Crippen LogP contribution in [0.4, 0.5) is 0 Å². The summed E-state index contributed by atoms with van der Waals surface area (Å²) in [4.78, 5) is 7.05. The summed E-state index contributed by atoms with van der Waals surface area (Å²) in [6.45, 7) is 0.230. The van der Waals surface area contributed by atoms with Crippen molar-refractivity contribution in [3.05, 3.63) is 23.8 Å². The largest absolute Gasteiger partial charge is 0.454 e. The molecule has 1 aromatic carbocycles. The molecule has 2 N–H and O–H groups in total. The molecule has 0 aliphatic carbocycles. The van der Waals surface area contributed by atoms with Gasteiger partial charge < -0.3 is 15.2 Å². The fraction of sp³-hybridized carbons (Fsp3) is 0.100. The number of hydrogen-bond donors (Lipinski definition) is 1. The Kier molecular flexibility index (Phi) is 2.69. The second-order valence-electron chi connectivity index (χ2n) is 2.94. The van der Waals surface area contributed by atoms with Crippen LogP contribution in [0.3, 0.4) is 0 Å². The number of aliphatic imine (C=N–C) groups is 2. The molecule has 0 bridgehead atoms. The first-order valence-electron chi connectivity index (χ1n) is 4.45. The van der Waals surface area contributed by atoms with Crippen molar-refractivity contribution < 1.29 is 9.47 Å². The molecule has 0 spiro atoms. The molecule has 0 saturated heterocycles. The standard InChI is InChI=1S/C10H8N4O2/c11-5-14-10(12)13-4-7-1-2-8-9(3-7)16-6-15-8/h1-4H,6H2,(H2,12,14). The molecule has 0 fully saturated rings. The van der Waals surface area contributed by atoms with Crippen LogP contribution in [0.25, 0.3) is 0 Å². The van der Waals surface area contributed by atoms with Crippen LogP contribution in [0, 0.1) is 11.5 Å². The Bertz CT molecular complexity index is 502. The minimum absolute atomic E-state index is 0.0832.